The summed E-state index contributed by atoms with van der Waals surface area (Å²) in [5, 5.41) is 0. The van der Waals surface area contributed by atoms with E-state index in [1.54, 1.807) is 0 Å². The van der Waals surface area contributed by atoms with E-state index in [1.807, 2.05) is 4.90 Å². The minimum Gasteiger partial charge on any atom is -0.340 e. The van der Waals surface area contributed by atoms with Crippen molar-refractivity contribution in [3.8, 4) is 0 Å². The molecule has 3 fully saturated rings. The SMILES string of the molecule is CN1CCN(C(=O)C[C@H]2CC3(CCN(C(=O)N4CCCC4)CC3)c3ccccc32)CC1. The third kappa shape index (κ3) is 3.95. The summed E-state index contributed by atoms with van der Waals surface area (Å²) >= 11 is 0. The van der Waals surface area contributed by atoms with Crippen molar-refractivity contribution >= 4 is 11.9 Å². The van der Waals surface area contributed by atoms with Gasteiger partial charge < -0.3 is 19.6 Å². The molecule has 0 bridgehead atoms. The number of likely N-dealkylation sites (tertiary alicyclic amines) is 2. The number of amides is 3. The Labute approximate surface area is 186 Å². The summed E-state index contributed by atoms with van der Waals surface area (Å²) in [6.45, 7) is 7.14. The molecule has 0 saturated carbocycles. The normalized spacial score (nSPS) is 25.8. The van der Waals surface area contributed by atoms with Crippen LogP contribution in [0.1, 0.15) is 55.6 Å². The monoisotopic (exact) mass is 424 g/mol. The zero-order valence-corrected chi connectivity index (χ0v) is 18.9. The molecular formula is C25H36N4O2. The zero-order valence-electron chi connectivity index (χ0n) is 18.9. The summed E-state index contributed by atoms with van der Waals surface area (Å²) in [6.07, 6.45) is 5.99. The van der Waals surface area contributed by atoms with Crippen molar-refractivity contribution in [3.63, 3.8) is 0 Å². The number of likely N-dealkylation sites (N-methyl/N-ethyl adjacent to an activating group) is 1. The number of benzene rings is 1. The van der Waals surface area contributed by atoms with E-state index in [-0.39, 0.29) is 11.4 Å². The van der Waals surface area contributed by atoms with E-state index in [0.29, 0.717) is 18.2 Å². The van der Waals surface area contributed by atoms with Gasteiger partial charge in [0.2, 0.25) is 5.91 Å². The molecule has 1 spiro atoms. The van der Waals surface area contributed by atoms with Crippen molar-refractivity contribution < 1.29 is 9.59 Å². The first kappa shape index (κ1) is 20.8. The van der Waals surface area contributed by atoms with Crippen molar-refractivity contribution in [1.82, 2.24) is 19.6 Å². The Bertz CT molecular complexity index is 819. The molecule has 0 aromatic heterocycles. The topological polar surface area (TPSA) is 47.1 Å². The van der Waals surface area contributed by atoms with Gasteiger partial charge >= 0.3 is 6.03 Å². The maximum atomic E-state index is 13.1. The molecule has 168 valence electrons. The van der Waals surface area contributed by atoms with Gasteiger partial charge in [-0.05, 0) is 61.6 Å². The van der Waals surface area contributed by atoms with Gasteiger partial charge in [0, 0.05) is 58.8 Å². The molecule has 4 aliphatic rings. The molecule has 3 aliphatic heterocycles. The molecule has 3 amide bonds. The van der Waals surface area contributed by atoms with Crippen LogP contribution < -0.4 is 0 Å². The first-order valence-electron chi connectivity index (χ1n) is 12.2. The quantitative estimate of drug-likeness (QED) is 0.734. The number of hydrogen-bond donors (Lipinski definition) is 0. The van der Waals surface area contributed by atoms with Crippen molar-refractivity contribution in [3.05, 3.63) is 35.4 Å². The van der Waals surface area contributed by atoms with Crippen LogP contribution in [0, 0.1) is 0 Å². The van der Waals surface area contributed by atoms with Crippen molar-refractivity contribution in [2.75, 3.05) is 59.4 Å². The highest BCUT2D eigenvalue weighted by Crippen LogP contribution is 2.52. The van der Waals surface area contributed by atoms with E-state index < -0.39 is 0 Å². The average Bonchev–Trinajstić information content (AvgIpc) is 3.43. The highest BCUT2D eigenvalue weighted by atomic mass is 16.2. The van der Waals surface area contributed by atoms with Crippen molar-refractivity contribution in [2.45, 2.75) is 49.9 Å². The largest absolute Gasteiger partial charge is 0.340 e. The number of hydrogen-bond acceptors (Lipinski definition) is 3. The number of fused-ring (bicyclic) bond motifs is 2. The van der Waals surface area contributed by atoms with Crippen LogP contribution >= 0.6 is 0 Å². The smallest absolute Gasteiger partial charge is 0.319 e. The predicted molar refractivity (Wildman–Crippen MR) is 121 cm³/mol. The highest BCUT2D eigenvalue weighted by Gasteiger charge is 2.46. The fourth-order valence-corrected chi connectivity index (χ4v) is 6.31. The summed E-state index contributed by atoms with van der Waals surface area (Å²) in [6, 6.07) is 9.03. The number of carbonyl (C=O) groups is 2. The molecule has 3 saturated heterocycles. The van der Waals surface area contributed by atoms with E-state index in [2.05, 4.69) is 46.0 Å². The van der Waals surface area contributed by atoms with Gasteiger partial charge in [-0.25, -0.2) is 4.79 Å². The molecule has 1 aromatic carbocycles. The molecular weight excluding hydrogens is 388 g/mol. The molecule has 1 atom stereocenters. The van der Waals surface area contributed by atoms with Gasteiger partial charge in [0.1, 0.15) is 0 Å². The number of rotatable bonds is 2. The Morgan fingerprint density at radius 1 is 0.871 bits per heavy atom. The third-order valence-corrected chi connectivity index (χ3v) is 8.25. The maximum Gasteiger partial charge on any atom is 0.319 e. The van der Waals surface area contributed by atoms with Gasteiger partial charge in [-0.1, -0.05) is 24.3 Å². The van der Waals surface area contributed by atoms with Crippen LogP contribution in [0.25, 0.3) is 0 Å². The Morgan fingerprint density at radius 3 is 2.23 bits per heavy atom. The van der Waals surface area contributed by atoms with Crippen LogP contribution in [0.15, 0.2) is 24.3 Å². The third-order valence-electron chi connectivity index (χ3n) is 8.25. The molecule has 6 heteroatoms. The molecule has 1 aromatic rings. The molecule has 1 aliphatic carbocycles. The van der Waals surface area contributed by atoms with Gasteiger partial charge in [-0.15, -0.1) is 0 Å². The minimum atomic E-state index is 0.130. The molecule has 0 radical (unpaired) electrons. The standard InChI is InChI=1S/C25H36N4O2/c1-26-14-16-27(17-15-26)23(30)18-20-19-25(22-7-3-2-6-21(20)22)8-12-29(13-9-25)24(31)28-10-4-5-11-28/h2-3,6-7,20H,4-5,8-19H2,1H3/t20-/m0/s1. The second-order valence-corrected chi connectivity index (χ2v) is 10.1. The molecule has 0 unspecified atom stereocenters. The second kappa shape index (κ2) is 8.45. The Hall–Kier alpha value is -2.08. The molecule has 6 nitrogen and oxygen atoms in total. The number of urea groups is 1. The molecule has 5 rings (SSSR count). The Balaban J connectivity index is 1.27. The van der Waals surface area contributed by atoms with Crippen molar-refractivity contribution in [2.24, 2.45) is 0 Å². The van der Waals surface area contributed by atoms with Crippen LogP contribution in [0.2, 0.25) is 0 Å². The number of piperidine rings is 1. The fraction of sp³-hybridized carbons (Fsp3) is 0.680. The first-order chi connectivity index (χ1) is 15.1. The van der Waals surface area contributed by atoms with E-state index >= 15 is 0 Å². The van der Waals surface area contributed by atoms with Crippen LogP contribution in [-0.4, -0.2) is 90.9 Å². The second-order valence-electron chi connectivity index (χ2n) is 10.1. The van der Waals surface area contributed by atoms with Crippen molar-refractivity contribution in [1.29, 1.82) is 0 Å². The molecule has 3 heterocycles. The van der Waals surface area contributed by atoms with Crippen LogP contribution in [-0.2, 0) is 10.2 Å². The lowest BCUT2D eigenvalue weighted by Crippen LogP contribution is -2.49. The highest BCUT2D eigenvalue weighted by molar-refractivity contribution is 5.78. The maximum absolute atomic E-state index is 13.1. The van der Waals surface area contributed by atoms with Gasteiger partial charge in [-0.3, -0.25) is 4.79 Å². The number of nitrogens with zero attached hydrogens (tertiary/aromatic N) is 4. The summed E-state index contributed by atoms with van der Waals surface area (Å²) < 4.78 is 0. The van der Waals surface area contributed by atoms with Gasteiger partial charge in [0.25, 0.3) is 0 Å². The zero-order chi connectivity index (χ0) is 21.4. The fourth-order valence-electron chi connectivity index (χ4n) is 6.31. The van der Waals surface area contributed by atoms with E-state index in [1.165, 1.54) is 11.1 Å². The van der Waals surface area contributed by atoms with E-state index in [0.717, 1.165) is 84.5 Å². The van der Waals surface area contributed by atoms with Crippen LogP contribution in [0.3, 0.4) is 0 Å². The molecule has 0 N–H and O–H groups in total. The molecule has 31 heavy (non-hydrogen) atoms. The van der Waals surface area contributed by atoms with E-state index in [4.69, 9.17) is 0 Å². The minimum absolute atomic E-state index is 0.130. The van der Waals surface area contributed by atoms with E-state index in [9.17, 15) is 9.59 Å². The lowest BCUT2D eigenvalue weighted by molar-refractivity contribution is -0.133. The van der Waals surface area contributed by atoms with Crippen LogP contribution in [0.5, 0.6) is 0 Å². The summed E-state index contributed by atoms with van der Waals surface area (Å²) in [5.74, 6) is 0.621. The Kier molecular flexibility index (Phi) is 5.67. The van der Waals surface area contributed by atoms with Crippen LogP contribution in [0.4, 0.5) is 4.79 Å². The van der Waals surface area contributed by atoms with Gasteiger partial charge in [-0.2, -0.15) is 0 Å². The lowest BCUT2D eigenvalue weighted by Gasteiger charge is -2.41. The summed E-state index contributed by atoms with van der Waals surface area (Å²) in [5.41, 5.74) is 2.95. The average molecular weight is 425 g/mol. The number of piperazine rings is 1. The first-order valence-corrected chi connectivity index (χ1v) is 12.2. The number of carbonyl (C=O) groups excluding carboxylic acids is 2. The predicted octanol–water partition coefficient (Wildman–Crippen LogP) is 2.89. The lowest BCUT2D eigenvalue weighted by atomic mass is 9.73. The summed E-state index contributed by atoms with van der Waals surface area (Å²) in [4.78, 5) is 34.4. The summed E-state index contributed by atoms with van der Waals surface area (Å²) in [7, 11) is 2.12. The van der Waals surface area contributed by atoms with Gasteiger partial charge in [0.05, 0.1) is 0 Å². The van der Waals surface area contributed by atoms with Gasteiger partial charge in [0.15, 0.2) is 0 Å². The Morgan fingerprint density at radius 2 is 1.52 bits per heavy atom.